The number of aryl methyl sites for hydroxylation is 2. The first-order valence-electron chi connectivity index (χ1n) is 10.9. The van der Waals surface area contributed by atoms with Crippen molar-refractivity contribution in [1.82, 2.24) is 19.7 Å². The van der Waals surface area contributed by atoms with Crippen LogP contribution in [0.1, 0.15) is 34.1 Å². The highest BCUT2D eigenvalue weighted by Crippen LogP contribution is 2.32. The minimum absolute atomic E-state index is 0.0480. The van der Waals surface area contributed by atoms with Crippen LogP contribution in [0.25, 0.3) is 22.3 Å². The molecule has 1 amide bonds. The number of fused-ring (bicyclic) bond motifs is 1. The normalized spacial score (nSPS) is 20.7. The minimum atomic E-state index is -3.09. The predicted octanol–water partition coefficient (Wildman–Crippen LogP) is 2.55. The Kier molecular flexibility index (Phi) is 5.25. The SMILES string of the molecule is Cc1ccc(-c2cc(C(=O)N3CCOCC3)c3c(C)nn([C@H]4CCS(=O)(=O)C4)c3n2)cc1. The van der Waals surface area contributed by atoms with Crippen LogP contribution in [-0.4, -0.2) is 71.8 Å². The molecular weight excluding hydrogens is 428 g/mol. The largest absolute Gasteiger partial charge is 0.378 e. The highest BCUT2D eigenvalue weighted by molar-refractivity contribution is 7.91. The summed E-state index contributed by atoms with van der Waals surface area (Å²) in [5.41, 5.74) is 4.52. The lowest BCUT2D eigenvalue weighted by atomic mass is 10.0. The van der Waals surface area contributed by atoms with Gasteiger partial charge in [0.05, 0.1) is 53.1 Å². The van der Waals surface area contributed by atoms with E-state index < -0.39 is 9.84 Å². The summed E-state index contributed by atoms with van der Waals surface area (Å²) in [5.74, 6) is 0.123. The molecule has 0 bridgehead atoms. The quantitative estimate of drug-likeness (QED) is 0.604. The highest BCUT2D eigenvalue weighted by atomic mass is 32.2. The van der Waals surface area contributed by atoms with E-state index in [1.807, 2.05) is 44.2 Å². The molecule has 1 aromatic carbocycles. The Morgan fingerprint density at radius 3 is 2.50 bits per heavy atom. The van der Waals surface area contributed by atoms with Crippen LogP contribution >= 0.6 is 0 Å². The summed E-state index contributed by atoms with van der Waals surface area (Å²) in [6.07, 6.45) is 0.502. The smallest absolute Gasteiger partial charge is 0.254 e. The lowest BCUT2D eigenvalue weighted by Gasteiger charge is -2.27. The average molecular weight is 455 g/mol. The number of pyridine rings is 1. The summed E-state index contributed by atoms with van der Waals surface area (Å²) in [6.45, 7) is 5.98. The first kappa shape index (κ1) is 21.1. The molecule has 0 N–H and O–H groups in total. The van der Waals surface area contributed by atoms with Gasteiger partial charge in [0.25, 0.3) is 5.91 Å². The Balaban J connectivity index is 1.70. The van der Waals surface area contributed by atoms with E-state index >= 15 is 0 Å². The first-order chi connectivity index (χ1) is 15.3. The number of nitrogens with zero attached hydrogens (tertiary/aromatic N) is 4. The standard InChI is InChI=1S/C23H26N4O4S/c1-15-3-5-17(6-4-15)20-13-19(23(28)26-8-10-31-11-9-26)21-16(2)25-27(22(21)24-20)18-7-12-32(29,30)14-18/h3-6,13,18H,7-12,14H2,1-2H3/t18-/m0/s1. The number of sulfone groups is 1. The third-order valence-electron chi connectivity index (χ3n) is 6.27. The van der Waals surface area contributed by atoms with E-state index in [2.05, 4.69) is 5.10 Å². The zero-order chi connectivity index (χ0) is 22.5. The Hall–Kier alpha value is -2.78. The molecule has 8 nitrogen and oxygen atoms in total. The monoisotopic (exact) mass is 454 g/mol. The summed E-state index contributed by atoms with van der Waals surface area (Å²) in [4.78, 5) is 20.2. The van der Waals surface area contributed by atoms with E-state index in [1.54, 1.807) is 9.58 Å². The van der Waals surface area contributed by atoms with Gasteiger partial charge in [0.15, 0.2) is 15.5 Å². The molecular formula is C23H26N4O4S. The van der Waals surface area contributed by atoms with E-state index in [4.69, 9.17) is 9.72 Å². The van der Waals surface area contributed by atoms with Gasteiger partial charge < -0.3 is 9.64 Å². The van der Waals surface area contributed by atoms with Crippen molar-refractivity contribution in [3.05, 3.63) is 47.2 Å². The third-order valence-corrected chi connectivity index (χ3v) is 8.02. The molecule has 2 aromatic heterocycles. The fraction of sp³-hybridized carbons (Fsp3) is 0.435. The van der Waals surface area contributed by atoms with Gasteiger partial charge in [-0.2, -0.15) is 5.10 Å². The molecule has 5 rings (SSSR count). The molecule has 2 fully saturated rings. The molecule has 2 aliphatic rings. The molecule has 0 unspecified atom stereocenters. The Morgan fingerprint density at radius 1 is 1.12 bits per heavy atom. The van der Waals surface area contributed by atoms with Gasteiger partial charge in [0.2, 0.25) is 0 Å². The third kappa shape index (κ3) is 3.80. The van der Waals surface area contributed by atoms with E-state index in [0.717, 1.165) is 11.1 Å². The number of hydrogen-bond acceptors (Lipinski definition) is 6. The summed E-state index contributed by atoms with van der Waals surface area (Å²) >= 11 is 0. The van der Waals surface area contributed by atoms with Crippen LogP contribution in [0.2, 0.25) is 0 Å². The Morgan fingerprint density at radius 2 is 1.84 bits per heavy atom. The number of rotatable bonds is 3. The van der Waals surface area contributed by atoms with Crippen molar-refractivity contribution in [2.24, 2.45) is 0 Å². The van der Waals surface area contributed by atoms with Crippen molar-refractivity contribution in [3.8, 4) is 11.3 Å². The second kappa shape index (κ2) is 7.97. The van der Waals surface area contributed by atoms with Gasteiger partial charge in [-0.05, 0) is 26.3 Å². The Labute approximate surface area is 187 Å². The van der Waals surface area contributed by atoms with Crippen LogP contribution in [-0.2, 0) is 14.6 Å². The van der Waals surface area contributed by atoms with Crippen molar-refractivity contribution in [2.75, 3.05) is 37.8 Å². The van der Waals surface area contributed by atoms with E-state index in [9.17, 15) is 13.2 Å². The van der Waals surface area contributed by atoms with Crippen LogP contribution in [0.15, 0.2) is 30.3 Å². The van der Waals surface area contributed by atoms with Crippen LogP contribution in [0.3, 0.4) is 0 Å². The average Bonchev–Trinajstić information content (AvgIpc) is 3.32. The van der Waals surface area contributed by atoms with Crippen molar-refractivity contribution in [2.45, 2.75) is 26.3 Å². The second-order valence-corrected chi connectivity index (χ2v) is 10.8. The maximum Gasteiger partial charge on any atom is 0.254 e. The van der Waals surface area contributed by atoms with Gasteiger partial charge in [0.1, 0.15) is 0 Å². The number of aromatic nitrogens is 3. The van der Waals surface area contributed by atoms with Gasteiger partial charge >= 0.3 is 0 Å². The van der Waals surface area contributed by atoms with Gasteiger partial charge in [-0.15, -0.1) is 0 Å². The summed E-state index contributed by atoms with van der Waals surface area (Å²) in [7, 11) is -3.09. The molecule has 32 heavy (non-hydrogen) atoms. The molecule has 168 valence electrons. The zero-order valence-electron chi connectivity index (χ0n) is 18.2. The molecule has 9 heteroatoms. The molecule has 4 heterocycles. The molecule has 0 saturated carbocycles. The maximum atomic E-state index is 13.5. The first-order valence-corrected chi connectivity index (χ1v) is 12.7. The van der Waals surface area contributed by atoms with Crippen LogP contribution in [0.5, 0.6) is 0 Å². The number of ether oxygens (including phenoxy) is 1. The lowest BCUT2D eigenvalue weighted by Crippen LogP contribution is -2.40. The highest BCUT2D eigenvalue weighted by Gasteiger charge is 2.33. The van der Waals surface area contributed by atoms with Crippen molar-refractivity contribution >= 4 is 26.8 Å². The second-order valence-electron chi connectivity index (χ2n) is 8.61. The number of carbonyl (C=O) groups is 1. The van der Waals surface area contributed by atoms with Crippen molar-refractivity contribution < 1.29 is 17.9 Å². The van der Waals surface area contributed by atoms with E-state index in [1.165, 1.54) is 0 Å². The molecule has 1 atom stereocenters. The molecule has 2 saturated heterocycles. The van der Waals surface area contributed by atoms with Gasteiger partial charge in [-0.3, -0.25) is 4.79 Å². The molecule has 0 aliphatic carbocycles. The topological polar surface area (TPSA) is 94.4 Å². The molecule has 2 aliphatic heterocycles. The van der Waals surface area contributed by atoms with Crippen LogP contribution in [0, 0.1) is 13.8 Å². The molecule has 0 radical (unpaired) electrons. The van der Waals surface area contributed by atoms with Crippen molar-refractivity contribution in [3.63, 3.8) is 0 Å². The minimum Gasteiger partial charge on any atom is -0.378 e. The summed E-state index contributed by atoms with van der Waals surface area (Å²) in [5, 5.41) is 5.36. The van der Waals surface area contributed by atoms with E-state index in [0.29, 0.717) is 60.7 Å². The fourth-order valence-corrected chi connectivity index (χ4v) is 6.21. The molecule has 0 spiro atoms. The van der Waals surface area contributed by atoms with Crippen LogP contribution in [0.4, 0.5) is 0 Å². The number of hydrogen-bond donors (Lipinski definition) is 0. The zero-order valence-corrected chi connectivity index (χ0v) is 19.1. The lowest BCUT2D eigenvalue weighted by molar-refractivity contribution is 0.0304. The maximum absolute atomic E-state index is 13.5. The molecule has 3 aromatic rings. The summed E-state index contributed by atoms with van der Waals surface area (Å²) < 4.78 is 31.4. The van der Waals surface area contributed by atoms with Gasteiger partial charge in [0, 0.05) is 18.7 Å². The van der Waals surface area contributed by atoms with Gasteiger partial charge in [-0.1, -0.05) is 29.8 Å². The number of morpholine rings is 1. The van der Waals surface area contributed by atoms with E-state index in [-0.39, 0.29) is 23.5 Å². The van der Waals surface area contributed by atoms with Crippen LogP contribution < -0.4 is 0 Å². The summed E-state index contributed by atoms with van der Waals surface area (Å²) in [6, 6.07) is 9.56. The van der Waals surface area contributed by atoms with Gasteiger partial charge in [-0.25, -0.2) is 18.1 Å². The van der Waals surface area contributed by atoms with Crippen molar-refractivity contribution in [1.29, 1.82) is 0 Å². The number of benzene rings is 1. The Bertz CT molecular complexity index is 1290. The number of carbonyl (C=O) groups excluding carboxylic acids is 1. The predicted molar refractivity (Wildman–Crippen MR) is 121 cm³/mol. The fourth-order valence-electron chi connectivity index (χ4n) is 4.51. The number of amides is 1.